The zero-order valence-corrected chi connectivity index (χ0v) is 9.66. The van der Waals surface area contributed by atoms with Gasteiger partial charge in [-0.25, -0.2) is 0 Å². The van der Waals surface area contributed by atoms with Crippen LogP contribution in [0.1, 0.15) is 38.8 Å². The van der Waals surface area contributed by atoms with E-state index < -0.39 is 0 Å². The Morgan fingerprint density at radius 3 is 2.27 bits per heavy atom. The summed E-state index contributed by atoms with van der Waals surface area (Å²) in [5, 5.41) is 0. The highest BCUT2D eigenvalue weighted by atomic mass is 16.5. The van der Waals surface area contributed by atoms with Gasteiger partial charge in [0.15, 0.2) is 0 Å². The highest BCUT2D eigenvalue weighted by molar-refractivity contribution is 5.29. The fourth-order valence-corrected chi connectivity index (χ4v) is 1.50. The number of ether oxygens (including phenoxy) is 1. The minimum absolute atomic E-state index is 0.213. The first-order chi connectivity index (χ1) is 7.17. The molecule has 0 radical (unpaired) electrons. The third kappa shape index (κ3) is 3.53. The average molecular weight is 208 g/mol. The van der Waals surface area contributed by atoms with Crippen molar-refractivity contribution in [3.05, 3.63) is 29.8 Å². The SMILES string of the molecule is CCC(NN)c1ccc(OC(C)C)cc1. The van der Waals surface area contributed by atoms with Gasteiger partial charge in [0.2, 0.25) is 0 Å². The van der Waals surface area contributed by atoms with Gasteiger partial charge < -0.3 is 4.74 Å². The Kier molecular flexibility index (Phi) is 4.59. The molecule has 0 fully saturated rings. The molecule has 84 valence electrons. The maximum atomic E-state index is 5.56. The van der Waals surface area contributed by atoms with Gasteiger partial charge in [-0.05, 0) is 38.0 Å². The molecule has 15 heavy (non-hydrogen) atoms. The molecule has 1 aromatic carbocycles. The van der Waals surface area contributed by atoms with E-state index in [0.29, 0.717) is 0 Å². The number of rotatable bonds is 5. The minimum atomic E-state index is 0.213. The number of nitrogens with one attached hydrogen (secondary N) is 1. The van der Waals surface area contributed by atoms with Crippen LogP contribution >= 0.6 is 0 Å². The van der Waals surface area contributed by atoms with Crippen LogP contribution in [0.5, 0.6) is 5.75 Å². The lowest BCUT2D eigenvalue weighted by Gasteiger charge is -2.15. The van der Waals surface area contributed by atoms with Gasteiger partial charge in [0.1, 0.15) is 5.75 Å². The Balaban J connectivity index is 2.71. The summed E-state index contributed by atoms with van der Waals surface area (Å²) in [6.45, 7) is 6.14. The summed E-state index contributed by atoms with van der Waals surface area (Å²) >= 11 is 0. The van der Waals surface area contributed by atoms with Crippen molar-refractivity contribution in [2.24, 2.45) is 5.84 Å². The molecule has 3 nitrogen and oxygen atoms in total. The molecule has 3 N–H and O–H groups in total. The Hall–Kier alpha value is -1.06. The summed E-state index contributed by atoms with van der Waals surface area (Å²) in [6.07, 6.45) is 1.19. The second-order valence-corrected chi connectivity index (χ2v) is 3.86. The van der Waals surface area contributed by atoms with E-state index >= 15 is 0 Å². The first-order valence-electron chi connectivity index (χ1n) is 5.40. The van der Waals surface area contributed by atoms with Gasteiger partial charge >= 0.3 is 0 Å². The lowest BCUT2D eigenvalue weighted by atomic mass is 10.1. The first kappa shape index (κ1) is 12.0. The second kappa shape index (κ2) is 5.73. The smallest absolute Gasteiger partial charge is 0.119 e. The molecule has 0 amide bonds. The summed E-state index contributed by atoms with van der Waals surface area (Å²) in [7, 11) is 0. The zero-order valence-electron chi connectivity index (χ0n) is 9.66. The Bertz CT molecular complexity index is 278. The van der Waals surface area contributed by atoms with Crippen LogP contribution in [-0.2, 0) is 0 Å². The van der Waals surface area contributed by atoms with E-state index in [-0.39, 0.29) is 12.1 Å². The molecule has 0 saturated heterocycles. The largest absolute Gasteiger partial charge is 0.491 e. The van der Waals surface area contributed by atoms with Crippen LogP contribution in [0.2, 0.25) is 0 Å². The second-order valence-electron chi connectivity index (χ2n) is 3.86. The Morgan fingerprint density at radius 2 is 1.87 bits per heavy atom. The topological polar surface area (TPSA) is 47.3 Å². The number of nitrogens with two attached hydrogens (primary N) is 1. The van der Waals surface area contributed by atoms with E-state index in [4.69, 9.17) is 10.6 Å². The maximum Gasteiger partial charge on any atom is 0.119 e. The van der Waals surface area contributed by atoms with Gasteiger partial charge in [-0.3, -0.25) is 11.3 Å². The van der Waals surface area contributed by atoms with Crippen molar-refractivity contribution in [1.29, 1.82) is 0 Å². The molecular weight excluding hydrogens is 188 g/mol. The summed E-state index contributed by atoms with van der Waals surface area (Å²) in [4.78, 5) is 0. The van der Waals surface area contributed by atoms with Crippen molar-refractivity contribution in [2.45, 2.75) is 39.3 Å². The number of benzene rings is 1. The molecule has 0 heterocycles. The summed E-state index contributed by atoms with van der Waals surface area (Å²) in [6, 6.07) is 8.28. The molecule has 1 rings (SSSR count). The van der Waals surface area contributed by atoms with E-state index in [9.17, 15) is 0 Å². The van der Waals surface area contributed by atoms with Crippen molar-refractivity contribution in [3.63, 3.8) is 0 Å². The molecule has 0 bridgehead atoms. The van der Waals surface area contributed by atoms with Crippen LogP contribution in [-0.4, -0.2) is 6.10 Å². The monoisotopic (exact) mass is 208 g/mol. The third-order valence-corrected chi connectivity index (χ3v) is 2.26. The van der Waals surface area contributed by atoms with Crippen LogP contribution < -0.4 is 16.0 Å². The van der Waals surface area contributed by atoms with E-state index in [1.807, 2.05) is 38.1 Å². The highest BCUT2D eigenvalue weighted by Crippen LogP contribution is 2.20. The molecular formula is C12H20N2O. The highest BCUT2D eigenvalue weighted by Gasteiger charge is 2.06. The molecule has 0 aliphatic heterocycles. The molecule has 0 saturated carbocycles. The Morgan fingerprint density at radius 1 is 1.27 bits per heavy atom. The fraction of sp³-hybridized carbons (Fsp3) is 0.500. The van der Waals surface area contributed by atoms with Crippen molar-refractivity contribution < 1.29 is 4.74 Å². The lowest BCUT2D eigenvalue weighted by molar-refractivity contribution is 0.242. The minimum Gasteiger partial charge on any atom is -0.491 e. The molecule has 0 aromatic heterocycles. The lowest BCUT2D eigenvalue weighted by Crippen LogP contribution is -2.27. The summed E-state index contributed by atoms with van der Waals surface area (Å²) in [5.74, 6) is 6.36. The van der Waals surface area contributed by atoms with Gasteiger partial charge in [0.25, 0.3) is 0 Å². The average Bonchev–Trinajstić information content (AvgIpc) is 2.21. The van der Waals surface area contributed by atoms with Crippen LogP contribution in [0, 0.1) is 0 Å². The van der Waals surface area contributed by atoms with Gasteiger partial charge in [-0.1, -0.05) is 19.1 Å². The van der Waals surface area contributed by atoms with Crippen LogP contribution in [0.4, 0.5) is 0 Å². The van der Waals surface area contributed by atoms with Crippen LogP contribution in [0.25, 0.3) is 0 Å². The van der Waals surface area contributed by atoms with Gasteiger partial charge in [0.05, 0.1) is 6.10 Å². The predicted molar refractivity (Wildman–Crippen MR) is 62.6 cm³/mol. The van der Waals surface area contributed by atoms with Gasteiger partial charge in [0, 0.05) is 6.04 Å². The molecule has 0 aliphatic carbocycles. The van der Waals surface area contributed by atoms with E-state index in [2.05, 4.69) is 12.3 Å². The molecule has 0 aliphatic rings. The molecule has 1 aromatic rings. The maximum absolute atomic E-state index is 5.56. The van der Waals surface area contributed by atoms with Gasteiger partial charge in [-0.2, -0.15) is 0 Å². The standard InChI is InChI=1S/C12H20N2O/c1-4-12(14-13)10-5-7-11(8-6-10)15-9(2)3/h5-9,12,14H,4,13H2,1-3H3. The Labute approximate surface area is 91.6 Å². The number of hydrogen-bond acceptors (Lipinski definition) is 3. The molecule has 0 spiro atoms. The van der Waals surface area contributed by atoms with Crippen LogP contribution in [0.3, 0.4) is 0 Å². The van der Waals surface area contributed by atoms with E-state index in [1.165, 1.54) is 5.56 Å². The first-order valence-corrected chi connectivity index (χ1v) is 5.40. The number of hydrazine groups is 1. The molecule has 1 atom stereocenters. The van der Waals surface area contributed by atoms with Crippen molar-refractivity contribution in [3.8, 4) is 5.75 Å². The normalized spacial score (nSPS) is 12.9. The number of hydrogen-bond donors (Lipinski definition) is 2. The van der Waals surface area contributed by atoms with Gasteiger partial charge in [-0.15, -0.1) is 0 Å². The molecule has 1 unspecified atom stereocenters. The predicted octanol–water partition coefficient (Wildman–Crippen LogP) is 2.39. The third-order valence-electron chi connectivity index (χ3n) is 2.26. The van der Waals surface area contributed by atoms with Crippen LogP contribution in [0.15, 0.2) is 24.3 Å². The van der Waals surface area contributed by atoms with Crippen molar-refractivity contribution >= 4 is 0 Å². The summed E-state index contributed by atoms with van der Waals surface area (Å²) < 4.78 is 5.56. The van der Waals surface area contributed by atoms with Crippen molar-refractivity contribution in [2.75, 3.05) is 0 Å². The van der Waals surface area contributed by atoms with Crippen molar-refractivity contribution in [1.82, 2.24) is 5.43 Å². The zero-order chi connectivity index (χ0) is 11.3. The fourth-order valence-electron chi connectivity index (χ4n) is 1.50. The quantitative estimate of drug-likeness (QED) is 0.577. The summed E-state index contributed by atoms with van der Waals surface area (Å²) in [5.41, 5.74) is 3.98. The van der Waals surface area contributed by atoms with E-state index in [1.54, 1.807) is 0 Å². The molecule has 3 heteroatoms. The van der Waals surface area contributed by atoms with E-state index in [0.717, 1.165) is 12.2 Å².